The number of para-hydroxylation sites is 3. The summed E-state index contributed by atoms with van der Waals surface area (Å²) in [5.74, 6) is 2.13. The van der Waals surface area contributed by atoms with Crippen LogP contribution in [0.1, 0.15) is 31.0 Å². The number of aryl methyl sites for hydroxylation is 2. The minimum Gasteiger partial charge on any atom is -0.337 e. The van der Waals surface area contributed by atoms with Gasteiger partial charge in [-0.2, -0.15) is 5.10 Å². The van der Waals surface area contributed by atoms with Crippen LogP contribution in [0.4, 0.5) is 23.1 Å². The monoisotopic (exact) mass is 448 g/mol. The maximum atomic E-state index is 4.89. The molecule has 0 spiro atoms. The lowest BCUT2D eigenvalue weighted by Crippen LogP contribution is -2.07. The van der Waals surface area contributed by atoms with Gasteiger partial charge in [0.05, 0.1) is 22.4 Å². The highest BCUT2D eigenvalue weighted by molar-refractivity contribution is 5.83. The smallest absolute Gasteiger partial charge is 0.175 e. The molecule has 6 heteroatoms. The van der Waals surface area contributed by atoms with Crippen molar-refractivity contribution in [2.45, 2.75) is 33.1 Å². The van der Waals surface area contributed by atoms with Crippen molar-refractivity contribution in [3.8, 4) is 5.69 Å². The fourth-order valence-corrected chi connectivity index (χ4v) is 3.92. The van der Waals surface area contributed by atoms with Crippen LogP contribution in [0.25, 0.3) is 16.7 Å². The number of benzene rings is 3. The number of nitrogens with one attached hydrogen (secondary N) is 2. The molecule has 3 aromatic carbocycles. The Morgan fingerprint density at radius 3 is 2.09 bits per heavy atom. The highest BCUT2D eigenvalue weighted by Crippen LogP contribution is 2.29. The minimum atomic E-state index is 0.644. The highest BCUT2D eigenvalue weighted by Gasteiger charge is 2.14. The van der Waals surface area contributed by atoms with Gasteiger partial charge in [0.1, 0.15) is 5.82 Å². The summed E-state index contributed by atoms with van der Waals surface area (Å²) in [6.07, 6.45) is 3.49. The summed E-state index contributed by atoms with van der Waals surface area (Å²) >= 11 is 0. The number of fused-ring (bicyclic) bond motifs is 1. The summed E-state index contributed by atoms with van der Waals surface area (Å²) in [5, 5.41) is 11.6. The van der Waals surface area contributed by atoms with Crippen LogP contribution in [0.2, 0.25) is 0 Å². The zero-order valence-corrected chi connectivity index (χ0v) is 19.5. The molecule has 0 aliphatic rings. The zero-order valence-electron chi connectivity index (χ0n) is 19.5. The molecular formula is C28H28N6. The summed E-state index contributed by atoms with van der Waals surface area (Å²) in [6, 6.07) is 28.5. The van der Waals surface area contributed by atoms with Crippen LogP contribution in [-0.4, -0.2) is 19.7 Å². The summed E-state index contributed by atoms with van der Waals surface area (Å²) < 4.78 is 1.89. The third kappa shape index (κ3) is 4.76. The highest BCUT2D eigenvalue weighted by atomic mass is 15.3. The fraction of sp³-hybridized carbons (Fsp3) is 0.179. The lowest BCUT2D eigenvalue weighted by atomic mass is 10.1. The van der Waals surface area contributed by atoms with E-state index >= 15 is 0 Å². The summed E-state index contributed by atoms with van der Waals surface area (Å²) in [7, 11) is 0. The van der Waals surface area contributed by atoms with Gasteiger partial charge in [-0.3, -0.25) is 0 Å². The minimum absolute atomic E-state index is 0.644. The van der Waals surface area contributed by atoms with Crippen molar-refractivity contribution in [1.82, 2.24) is 19.7 Å². The van der Waals surface area contributed by atoms with Crippen LogP contribution >= 0.6 is 0 Å². The Labute approximate surface area is 199 Å². The molecule has 0 saturated carbocycles. The summed E-state index contributed by atoms with van der Waals surface area (Å²) in [5.41, 5.74) is 5.87. The van der Waals surface area contributed by atoms with Gasteiger partial charge < -0.3 is 10.6 Å². The molecule has 5 aromatic rings. The Kier molecular flexibility index (Phi) is 6.21. The van der Waals surface area contributed by atoms with Crippen LogP contribution in [0.5, 0.6) is 0 Å². The number of anilines is 4. The first-order chi connectivity index (χ1) is 16.7. The average molecular weight is 449 g/mol. The van der Waals surface area contributed by atoms with Gasteiger partial charge in [0.2, 0.25) is 0 Å². The third-order valence-electron chi connectivity index (χ3n) is 5.68. The van der Waals surface area contributed by atoms with E-state index in [1.54, 1.807) is 0 Å². The molecule has 6 nitrogen and oxygen atoms in total. The Bertz CT molecular complexity index is 1390. The molecule has 5 rings (SSSR count). The molecule has 0 amide bonds. The first-order valence-corrected chi connectivity index (χ1v) is 11.7. The third-order valence-corrected chi connectivity index (χ3v) is 5.68. The molecular weight excluding hydrogens is 420 g/mol. The second-order valence-electron chi connectivity index (χ2n) is 8.38. The van der Waals surface area contributed by atoms with Gasteiger partial charge in [0.15, 0.2) is 11.6 Å². The van der Waals surface area contributed by atoms with Gasteiger partial charge in [-0.05, 0) is 61.7 Å². The van der Waals surface area contributed by atoms with E-state index in [4.69, 9.17) is 9.97 Å². The summed E-state index contributed by atoms with van der Waals surface area (Å²) in [4.78, 5) is 9.77. The second-order valence-corrected chi connectivity index (χ2v) is 8.38. The largest absolute Gasteiger partial charge is 0.337 e. The van der Waals surface area contributed by atoms with Gasteiger partial charge in [-0.15, -0.1) is 0 Å². The van der Waals surface area contributed by atoms with Crippen LogP contribution in [0.15, 0.2) is 84.9 Å². The van der Waals surface area contributed by atoms with Crippen molar-refractivity contribution in [2.24, 2.45) is 0 Å². The molecule has 0 saturated heterocycles. The van der Waals surface area contributed by atoms with Crippen molar-refractivity contribution in [3.05, 3.63) is 96.2 Å². The zero-order chi connectivity index (χ0) is 23.3. The van der Waals surface area contributed by atoms with Gasteiger partial charge >= 0.3 is 0 Å². The van der Waals surface area contributed by atoms with Crippen molar-refractivity contribution in [2.75, 3.05) is 10.6 Å². The van der Waals surface area contributed by atoms with Gasteiger partial charge in [0.25, 0.3) is 0 Å². The standard InChI is InChI=1S/C28H28N6/c1-3-4-10-21-15-17-22(18-16-21)29-27-28(31-25-14-9-8-13-24(25)30-27)32-26-19-20(2)33-34(26)23-11-6-5-7-12-23/h5-9,11-19H,3-4,10H2,1-2H3,(H,29,30)(H,31,32). The molecule has 34 heavy (non-hydrogen) atoms. The van der Waals surface area contributed by atoms with Crippen molar-refractivity contribution in [1.29, 1.82) is 0 Å². The Hall–Kier alpha value is -4.19. The number of nitrogens with zero attached hydrogens (tertiary/aromatic N) is 4. The Balaban J connectivity index is 1.51. The van der Waals surface area contributed by atoms with E-state index < -0.39 is 0 Å². The van der Waals surface area contributed by atoms with Crippen LogP contribution in [0, 0.1) is 6.92 Å². The van der Waals surface area contributed by atoms with E-state index in [0.29, 0.717) is 11.6 Å². The van der Waals surface area contributed by atoms with E-state index in [1.165, 1.54) is 18.4 Å². The molecule has 2 aromatic heterocycles. The molecule has 0 bridgehead atoms. The van der Waals surface area contributed by atoms with E-state index in [9.17, 15) is 0 Å². The number of rotatable bonds is 8. The van der Waals surface area contributed by atoms with E-state index in [1.807, 2.05) is 72.3 Å². The normalized spacial score (nSPS) is 11.0. The van der Waals surface area contributed by atoms with Crippen molar-refractivity contribution < 1.29 is 0 Å². The van der Waals surface area contributed by atoms with Crippen LogP contribution in [-0.2, 0) is 6.42 Å². The lowest BCUT2D eigenvalue weighted by molar-refractivity contribution is 0.795. The van der Waals surface area contributed by atoms with Gasteiger partial charge in [-0.1, -0.05) is 55.8 Å². The molecule has 0 radical (unpaired) electrons. The predicted molar refractivity (Wildman–Crippen MR) is 139 cm³/mol. The quantitative estimate of drug-likeness (QED) is 0.269. The molecule has 0 aliphatic heterocycles. The number of unbranched alkanes of at least 4 members (excludes halogenated alkanes) is 1. The first kappa shape index (κ1) is 21.6. The molecule has 0 aliphatic carbocycles. The van der Waals surface area contributed by atoms with E-state index in [-0.39, 0.29) is 0 Å². The maximum Gasteiger partial charge on any atom is 0.175 e. The molecule has 0 unspecified atom stereocenters. The summed E-state index contributed by atoms with van der Waals surface area (Å²) in [6.45, 7) is 4.20. The SMILES string of the molecule is CCCCc1ccc(Nc2nc3ccccc3nc2Nc2cc(C)nn2-c2ccccc2)cc1. The van der Waals surface area contributed by atoms with Crippen LogP contribution < -0.4 is 10.6 Å². The van der Waals surface area contributed by atoms with E-state index in [0.717, 1.165) is 40.3 Å². The Morgan fingerprint density at radius 1 is 0.765 bits per heavy atom. The van der Waals surface area contributed by atoms with E-state index in [2.05, 4.69) is 46.9 Å². The maximum absolute atomic E-state index is 4.89. The van der Waals surface area contributed by atoms with Gasteiger partial charge in [-0.25, -0.2) is 14.6 Å². The average Bonchev–Trinajstić information content (AvgIpc) is 3.24. The number of aromatic nitrogens is 4. The van der Waals surface area contributed by atoms with Crippen LogP contribution in [0.3, 0.4) is 0 Å². The number of hydrogen-bond acceptors (Lipinski definition) is 5. The fourth-order valence-electron chi connectivity index (χ4n) is 3.92. The van der Waals surface area contributed by atoms with Crippen molar-refractivity contribution >= 4 is 34.2 Å². The first-order valence-electron chi connectivity index (χ1n) is 11.7. The van der Waals surface area contributed by atoms with Gasteiger partial charge in [0, 0.05) is 11.8 Å². The molecule has 2 N–H and O–H groups in total. The molecule has 0 fully saturated rings. The molecule has 0 atom stereocenters. The predicted octanol–water partition coefficient (Wildman–Crippen LogP) is 6.95. The second kappa shape index (κ2) is 9.75. The number of hydrogen-bond donors (Lipinski definition) is 2. The lowest BCUT2D eigenvalue weighted by Gasteiger charge is -2.15. The van der Waals surface area contributed by atoms with Crippen molar-refractivity contribution in [3.63, 3.8) is 0 Å². The topological polar surface area (TPSA) is 67.7 Å². The Morgan fingerprint density at radius 2 is 1.41 bits per heavy atom. The molecule has 2 heterocycles. The molecule has 170 valence electrons.